The number of hydrogen-bond acceptors (Lipinski definition) is 2. The van der Waals surface area contributed by atoms with Crippen molar-refractivity contribution in [1.82, 2.24) is 0 Å². The zero-order chi connectivity index (χ0) is 19.2. The van der Waals surface area contributed by atoms with Crippen molar-refractivity contribution in [3.63, 3.8) is 0 Å². The molecular weight excluding hydrogens is 304 g/mol. The van der Waals surface area contributed by atoms with Crippen molar-refractivity contribution in [1.29, 1.82) is 0 Å². The minimum absolute atomic E-state index is 0.358. The number of carbonyl (C=O) groups is 2. The standard InChI is InChI=1S/2C10H18O2/c1-10(2,3)8-6-4-5-7-9(11)12;1-4-5-6-7-8-10(2,3)9(11)12/h5,7H,4,6,8H2,1-3H3,(H,11,12);7-8H,4-6H2,1-3H3,(H,11,12)/b7-5+;8-7+. The molecule has 0 heterocycles. The number of unbranched alkanes of at least 4 members (excludes halogenated alkanes) is 3. The first-order valence-corrected chi connectivity index (χ1v) is 8.73. The van der Waals surface area contributed by atoms with Gasteiger partial charge < -0.3 is 10.2 Å². The van der Waals surface area contributed by atoms with Crippen molar-refractivity contribution < 1.29 is 19.8 Å². The van der Waals surface area contributed by atoms with Crippen molar-refractivity contribution in [2.45, 2.75) is 80.1 Å². The second kappa shape index (κ2) is 12.8. The molecule has 0 fully saturated rings. The van der Waals surface area contributed by atoms with Crippen LogP contribution in [-0.2, 0) is 9.59 Å². The van der Waals surface area contributed by atoms with Crippen LogP contribution in [0.15, 0.2) is 24.3 Å². The summed E-state index contributed by atoms with van der Waals surface area (Å²) in [6.45, 7) is 12.1. The molecule has 0 aromatic carbocycles. The summed E-state index contributed by atoms with van der Waals surface area (Å²) in [7, 11) is 0. The van der Waals surface area contributed by atoms with Gasteiger partial charge in [-0.2, -0.15) is 0 Å². The minimum atomic E-state index is -0.856. The zero-order valence-corrected chi connectivity index (χ0v) is 16.3. The van der Waals surface area contributed by atoms with Crippen LogP contribution < -0.4 is 0 Å². The summed E-state index contributed by atoms with van der Waals surface area (Å²) in [6, 6.07) is 0. The second-order valence-electron chi connectivity index (χ2n) is 7.76. The lowest BCUT2D eigenvalue weighted by Gasteiger charge is -2.16. The molecule has 0 atom stereocenters. The Morgan fingerprint density at radius 2 is 1.46 bits per heavy atom. The fourth-order valence-corrected chi connectivity index (χ4v) is 1.71. The van der Waals surface area contributed by atoms with Crippen molar-refractivity contribution in [2.75, 3.05) is 0 Å². The summed E-state index contributed by atoms with van der Waals surface area (Å²) >= 11 is 0. The summed E-state index contributed by atoms with van der Waals surface area (Å²) in [6.07, 6.45) is 13.0. The Morgan fingerprint density at radius 3 is 1.88 bits per heavy atom. The highest BCUT2D eigenvalue weighted by molar-refractivity contribution is 5.79. The minimum Gasteiger partial charge on any atom is -0.481 e. The molecule has 0 aromatic heterocycles. The molecule has 0 spiro atoms. The number of allylic oxidation sites excluding steroid dienone is 2. The van der Waals surface area contributed by atoms with Crippen LogP contribution >= 0.6 is 0 Å². The van der Waals surface area contributed by atoms with Gasteiger partial charge in [0.15, 0.2) is 0 Å². The average Bonchev–Trinajstić information content (AvgIpc) is 2.42. The van der Waals surface area contributed by atoms with E-state index in [0.29, 0.717) is 5.41 Å². The zero-order valence-electron chi connectivity index (χ0n) is 16.3. The molecule has 0 aliphatic carbocycles. The first-order valence-electron chi connectivity index (χ1n) is 8.73. The van der Waals surface area contributed by atoms with E-state index >= 15 is 0 Å². The normalized spacial score (nSPS) is 12.2. The molecule has 4 heteroatoms. The molecule has 0 radical (unpaired) electrons. The van der Waals surface area contributed by atoms with Gasteiger partial charge in [0, 0.05) is 6.08 Å². The SMILES string of the molecule is CC(C)(C)CCC/C=C/C(=O)O.CCCC/C=C/C(C)(C)C(=O)O. The van der Waals surface area contributed by atoms with Crippen molar-refractivity contribution in [3.8, 4) is 0 Å². The lowest BCUT2D eigenvalue weighted by Crippen LogP contribution is -2.20. The van der Waals surface area contributed by atoms with E-state index in [-0.39, 0.29) is 0 Å². The number of hydrogen-bond donors (Lipinski definition) is 2. The first kappa shape index (κ1) is 24.7. The predicted octanol–water partition coefficient (Wildman–Crippen LogP) is 5.69. The highest BCUT2D eigenvalue weighted by Gasteiger charge is 2.22. The van der Waals surface area contributed by atoms with E-state index in [1.165, 1.54) is 6.08 Å². The van der Waals surface area contributed by atoms with Crippen LogP contribution in [0.3, 0.4) is 0 Å². The van der Waals surface area contributed by atoms with Gasteiger partial charge in [0.2, 0.25) is 0 Å². The summed E-state index contributed by atoms with van der Waals surface area (Å²) in [4.78, 5) is 20.7. The molecule has 0 unspecified atom stereocenters. The van der Waals surface area contributed by atoms with E-state index in [4.69, 9.17) is 10.2 Å². The Hall–Kier alpha value is -1.58. The van der Waals surface area contributed by atoms with Crippen LogP contribution in [-0.4, -0.2) is 22.2 Å². The first-order chi connectivity index (χ1) is 10.9. The predicted molar refractivity (Wildman–Crippen MR) is 100 cm³/mol. The fraction of sp³-hybridized carbons (Fsp3) is 0.700. The Kier molecular flexibility index (Phi) is 13.2. The maximum absolute atomic E-state index is 10.6. The van der Waals surface area contributed by atoms with E-state index in [1.807, 2.05) is 6.08 Å². The third-order valence-corrected chi connectivity index (χ3v) is 3.37. The smallest absolute Gasteiger partial charge is 0.327 e. The van der Waals surface area contributed by atoms with E-state index in [2.05, 4.69) is 27.7 Å². The van der Waals surface area contributed by atoms with Gasteiger partial charge in [0.25, 0.3) is 0 Å². The number of carboxylic acids is 2. The van der Waals surface area contributed by atoms with E-state index < -0.39 is 17.4 Å². The van der Waals surface area contributed by atoms with Gasteiger partial charge in [-0.05, 0) is 44.9 Å². The van der Waals surface area contributed by atoms with Crippen molar-refractivity contribution in [2.24, 2.45) is 10.8 Å². The lowest BCUT2D eigenvalue weighted by molar-refractivity contribution is -0.144. The van der Waals surface area contributed by atoms with E-state index in [1.54, 1.807) is 26.0 Å². The van der Waals surface area contributed by atoms with E-state index in [0.717, 1.165) is 38.5 Å². The largest absolute Gasteiger partial charge is 0.481 e. The molecule has 0 rings (SSSR count). The number of aliphatic carboxylic acids is 2. The summed E-state index contributed by atoms with van der Waals surface area (Å²) < 4.78 is 0. The van der Waals surface area contributed by atoms with E-state index in [9.17, 15) is 9.59 Å². The Balaban J connectivity index is 0. The van der Waals surface area contributed by atoms with Gasteiger partial charge in [-0.1, -0.05) is 58.8 Å². The molecule has 0 saturated heterocycles. The molecule has 0 bridgehead atoms. The molecule has 0 amide bonds. The highest BCUT2D eigenvalue weighted by Crippen LogP contribution is 2.21. The van der Waals surface area contributed by atoms with Crippen LogP contribution in [0.1, 0.15) is 80.1 Å². The monoisotopic (exact) mass is 340 g/mol. The molecular formula is C20H36O4. The van der Waals surface area contributed by atoms with Crippen molar-refractivity contribution >= 4 is 11.9 Å². The molecule has 4 nitrogen and oxygen atoms in total. The van der Waals surface area contributed by atoms with Crippen LogP contribution in [0.5, 0.6) is 0 Å². The Bertz CT molecular complexity index is 412. The van der Waals surface area contributed by atoms with Crippen LogP contribution in [0.25, 0.3) is 0 Å². The third kappa shape index (κ3) is 18.5. The van der Waals surface area contributed by atoms with Gasteiger partial charge in [-0.15, -0.1) is 0 Å². The second-order valence-corrected chi connectivity index (χ2v) is 7.76. The summed E-state index contributed by atoms with van der Waals surface area (Å²) in [5.41, 5.74) is -0.356. The van der Waals surface area contributed by atoms with Crippen LogP contribution in [0.2, 0.25) is 0 Å². The van der Waals surface area contributed by atoms with Crippen LogP contribution in [0, 0.1) is 10.8 Å². The topological polar surface area (TPSA) is 74.6 Å². The third-order valence-electron chi connectivity index (χ3n) is 3.37. The maximum atomic E-state index is 10.6. The fourth-order valence-electron chi connectivity index (χ4n) is 1.71. The molecule has 0 aliphatic heterocycles. The highest BCUT2D eigenvalue weighted by atomic mass is 16.4. The van der Waals surface area contributed by atoms with Gasteiger partial charge >= 0.3 is 11.9 Å². The molecule has 0 aliphatic rings. The number of carboxylic acid groups (broad SMARTS) is 2. The molecule has 140 valence electrons. The summed E-state index contributed by atoms with van der Waals surface area (Å²) in [5.74, 6) is -1.62. The molecule has 24 heavy (non-hydrogen) atoms. The Morgan fingerprint density at radius 1 is 0.917 bits per heavy atom. The maximum Gasteiger partial charge on any atom is 0.327 e. The molecule has 0 saturated carbocycles. The molecule has 0 aromatic rings. The average molecular weight is 341 g/mol. The van der Waals surface area contributed by atoms with Gasteiger partial charge in [0.1, 0.15) is 0 Å². The van der Waals surface area contributed by atoms with Crippen LogP contribution in [0.4, 0.5) is 0 Å². The van der Waals surface area contributed by atoms with Gasteiger partial charge in [-0.3, -0.25) is 4.79 Å². The van der Waals surface area contributed by atoms with Crippen molar-refractivity contribution in [3.05, 3.63) is 24.3 Å². The summed E-state index contributed by atoms with van der Waals surface area (Å²) in [5, 5.41) is 17.0. The molecule has 2 N–H and O–H groups in total. The number of rotatable bonds is 9. The van der Waals surface area contributed by atoms with Gasteiger partial charge in [-0.25, -0.2) is 4.79 Å². The quantitative estimate of drug-likeness (QED) is 0.321. The van der Waals surface area contributed by atoms with Gasteiger partial charge in [0.05, 0.1) is 5.41 Å². The lowest BCUT2D eigenvalue weighted by atomic mass is 9.90. The Labute approximate surface area is 147 Å².